The highest BCUT2D eigenvalue weighted by Gasteiger charge is 2.17. The maximum absolute atomic E-state index is 12.3. The van der Waals surface area contributed by atoms with Crippen molar-refractivity contribution in [2.24, 2.45) is 4.99 Å². The van der Waals surface area contributed by atoms with E-state index in [1.807, 2.05) is 48.9 Å². The number of Topliss-reactive ketones (excluding diaryl/α,β-unsaturated/α-hetero) is 1. The van der Waals surface area contributed by atoms with Gasteiger partial charge in [0.1, 0.15) is 0 Å². The van der Waals surface area contributed by atoms with Crippen molar-refractivity contribution in [2.75, 3.05) is 13.1 Å². The molecule has 1 saturated heterocycles. The minimum Gasteiger partial charge on any atom is -0.323 e. The van der Waals surface area contributed by atoms with E-state index in [0.29, 0.717) is 16.8 Å². The lowest BCUT2D eigenvalue weighted by Crippen LogP contribution is -2.27. The number of hydrogen-bond donors (Lipinski definition) is 0. The molecule has 1 aromatic carbocycles. The second kappa shape index (κ2) is 7.13. The second-order valence-corrected chi connectivity index (χ2v) is 7.12. The number of likely N-dealkylation sites (tertiary alicyclic amines) is 1. The van der Waals surface area contributed by atoms with Crippen molar-refractivity contribution < 1.29 is 9.59 Å². The van der Waals surface area contributed by atoms with Gasteiger partial charge in [0.25, 0.3) is 0 Å². The molecule has 0 radical (unpaired) electrons. The first-order chi connectivity index (χ1) is 11.6. The van der Waals surface area contributed by atoms with Crippen LogP contribution in [0.2, 0.25) is 0 Å². The Morgan fingerprint density at radius 2 is 2.00 bits per heavy atom. The minimum absolute atomic E-state index is 0.107. The van der Waals surface area contributed by atoms with Crippen LogP contribution in [0.15, 0.2) is 35.5 Å². The van der Waals surface area contributed by atoms with Gasteiger partial charge in [0.05, 0.1) is 0 Å². The van der Waals surface area contributed by atoms with Crippen LogP contribution in [-0.2, 0) is 0 Å². The predicted octanol–water partition coefficient (Wildman–Crippen LogP) is 3.56. The third kappa shape index (κ3) is 3.48. The van der Waals surface area contributed by atoms with Crippen LogP contribution >= 0.6 is 11.3 Å². The van der Waals surface area contributed by atoms with Crippen molar-refractivity contribution in [3.8, 4) is 5.69 Å². The lowest BCUT2D eigenvalue weighted by Gasteiger charge is -2.10. The Labute approximate surface area is 145 Å². The van der Waals surface area contributed by atoms with Crippen LogP contribution in [0.25, 0.3) is 5.69 Å². The summed E-state index contributed by atoms with van der Waals surface area (Å²) in [6.07, 6.45) is 4.52. The molecule has 0 atom stereocenters. The van der Waals surface area contributed by atoms with Gasteiger partial charge in [0.2, 0.25) is 0 Å². The summed E-state index contributed by atoms with van der Waals surface area (Å²) < 4.78 is 1.89. The van der Waals surface area contributed by atoms with Gasteiger partial charge in [-0.1, -0.05) is 19.1 Å². The van der Waals surface area contributed by atoms with Crippen molar-refractivity contribution >= 4 is 23.2 Å². The molecule has 1 aliphatic rings. The summed E-state index contributed by atoms with van der Waals surface area (Å²) in [5.74, 6) is 0.107. The quantitative estimate of drug-likeness (QED) is 0.800. The van der Waals surface area contributed by atoms with Gasteiger partial charge in [-0.15, -0.1) is 11.3 Å². The molecule has 2 aromatic rings. The zero-order valence-electron chi connectivity index (χ0n) is 14.0. The van der Waals surface area contributed by atoms with Crippen LogP contribution < -0.4 is 4.80 Å². The van der Waals surface area contributed by atoms with Gasteiger partial charge in [-0.3, -0.25) is 9.36 Å². The molecular weight excluding hydrogens is 322 g/mol. The van der Waals surface area contributed by atoms with Crippen LogP contribution in [0, 0.1) is 6.92 Å². The summed E-state index contributed by atoms with van der Waals surface area (Å²) in [7, 11) is 0. The van der Waals surface area contributed by atoms with E-state index in [2.05, 4.69) is 4.99 Å². The molecule has 126 valence electrons. The maximum atomic E-state index is 12.3. The Morgan fingerprint density at radius 1 is 1.25 bits per heavy atom. The number of carbonyl (C=O) groups is 2. The molecule has 2 amide bonds. The number of ketones is 1. The lowest BCUT2D eigenvalue weighted by molar-refractivity contribution is 0.0988. The first-order valence-corrected chi connectivity index (χ1v) is 9.06. The van der Waals surface area contributed by atoms with E-state index in [1.54, 1.807) is 4.90 Å². The largest absolute Gasteiger partial charge is 0.346 e. The van der Waals surface area contributed by atoms with Gasteiger partial charge >= 0.3 is 6.03 Å². The molecule has 3 rings (SSSR count). The summed E-state index contributed by atoms with van der Waals surface area (Å²) >= 11 is 1.48. The van der Waals surface area contributed by atoms with E-state index in [0.717, 1.165) is 36.5 Å². The summed E-state index contributed by atoms with van der Waals surface area (Å²) in [6.45, 7) is 5.41. The van der Waals surface area contributed by atoms with E-state index in [1.165, 1.54) is 11.3 Å². The van der Waals surface area contributed by atoms with Crippen molar-refractivity contribution in [2.45, 2.75) is 33.1 Å². The smallest absolute Gasteiger partial charge is 0.323 e. The number of aryl methyl sites for hydroxylation is 1. The molecule has 5 nitrogen and oxygen atoms in total. The third-order valence-corrected chi connectivity index (χ3v) is 5.00. The molecule has 0 aliphatic carbocycles. The normalized spacial score (nSPS) is 15.1. The number of urea groups is 1. The minimum atomic E-state index is -0.177. The maximum Gasteiger partial charge on any atom is 0.346 e. The summed E-state index contributed by atoms with van der Waals surface area (Å²) in [5.41, 5.74) is 1.54. The summed E-state index contributed by atoms with van der Waals surface area (Å²) in [4.78, 5) is 32.1. The molecule has 1 fully saturated rings. The number of thiazole rings is 1. The lowest BCUT2D eigenvalue weighted by atomic mass is 10.1. The fourth-order valence-electron chi connectivity index (χ4n) is 2.81. The van der Waals surface area contributed by atoms with Crippen LogP contribution in [0.1, 0.15) is 41.4 Å². The van der Waals surface area contributed by atoms with E-state index < -0.39 is 0 Å². The molecular formula is C18H21N3O2S. The van der Waals surface area contributed by atoms with Gasteiger partial charge < -0.3 is 4.90 Å². The Hall–Kier alpha value is -2.21. The standard InChI is InChI=1S/C18H21N3O2S/c1-3-16(22)14-7-6-8-15(11-14)21-12-13(2)24-18(21)19-17(23)20-9-4-5-10-20/h6-8,11-12H,3-5,9-10H2,1-2H3/b19-18-. The molecule has 0 saturated carbocycles. The second-order valence-electron chi connectivity index (χ2n) is 5.91. The van der Waals surface area contributed by atoms with Crippen molar-refractivity contribution in [3.05, 3.63) is 45.7 Å². The van der Waals surface area contributed by atoms with E-state index in [9.17, 15) is 9.59 Å². The Balaban J connectivity index is 2.00. The summed E-state index contributed by atoms with van der Waals surface area (Å²) in [6, 6.07) is 7.30. The number of rotatable bonds is 3. The highest BCUT2D eigenvalue weighted by molar-refractivity contribution is 7.09. The fraction of sp³-hybridized carbons (Fsp3) is 0.389. The molecule has 0 N–H and O–H groups in total. The first-order valence-electron chi connectivity index (χ1n) is 8.25. The first kappa shape index (κ1) is 16.6. The number of hydrogen-bond acceptors (Lipinski definition) is 3. The van der Waals surface area contributed by atoms with Crippen LogP contribution in [0.4, 0.5) is 4.79 Å². The fourth-order valence-corrected chi connectivity index (χ4v) is 3.64. The molecule has 1 aromatic heterocycles. The third-order valence-electron chi connectivity index (χ3n) is 4.10. The average molecular weight is 343 g/mol. The monoisotopic (exact) mass is 343 g/mol. The number of carbonyl (C=O) groups excluding carboxylic acids is 2. The molecule has 1 aliphatic heterocycles. The van der Waals surface area contributed by atoms with Crippen molar-refractivity contribution in [1.82, 2.24) is 9.47 Å². The molecule has 2 heterocycles. The summed E-state index contributed by atoms with van der Waals surface area (Å²) in [5, 5.41) is 0. The predicted molar refractivity (Wildman–Crippen MR) is 94.8 cm³/mol. The topological polar surface area (TPSA) is 54.7 Å². The average Bonchev–Trinajstić information content (AvgIpc) is 3.24. The van der Waals surface area contributed by atoms with Crippen LogP contribution in [0.3, 0.4) is 0 Å². The van der Waals surface area contributed by atoms with Crippen molar-refractivity contribution in [3.63, 3.8) is 0 Å². The number of aromatic nitrogens is 1. The SMILES string of the molecule is CCC(=O)c1cccc(-n2cc(C)s/c2=N\C(=O)N2CCCC2)c1. The van der Waals surface area contributed by atoms with Crippen molar-refractivity contribution in [1.29, 1.82) is 0 Å². The van der Waals surface area contributed by atoms with E-state index >= 15 is 0 Å². The molecule has 0 bridgehead atoms. The Morgan fingerprint density at radius 3 is 2.71 bits per heavy atom. The van der Waals surface area contributed by atoms with Gasteiger partial charge in [-0.05, 0) is 31.9 Å². The number of nitrogens with zero attached hydrogens (tertiary/aromatic N) is 3. The molecule has 0 unspecified atom stereocenters. The van der Waals surface area contributed by atoms with Crippen LogP contribution in [-0.4, -0.2) is 34.4 Å². The molecule has 6 heteroatoms. The Bertz CT molecular complexity index is 829. The van der Waals surface area contributed by atoms with Gasteiger partial charge in [0, 0.05) is 41.8 Å². The Kier molecular flexibility index (Phi) is 4.94. The van der Waals surface area contributed by atoms with Crippen LogP contribution in [0.5, 0.6) is 0 Å². The zero-order valence-corrected chi connectivity index (χ0v) is 14.8. The van der Waals surface area contributed by atoms with Gasteiger partial charge in [-0.2, -0.15) is 4.99 Å². The highest BCUT2D eigenvalue weighted by Crippen LogP contribution is 2.14. The zero-order chi connectivity index (χ0) is 17.1. The van der Waals surface area contributed by atoms with Gasteiger partial charge in [-0.25, -0.2) is 4.79 Å². The highest BCUT2D eigenvalue weighted by atomic mass is 32.1. The van der Waals surface area contributed by atoms with E-state index in [-0.39, 0.29) is 11.8 Å². The van der Waals surface area contributed by atoms with Gasteiger partial charge in [0.15, 0.2) is 10.6 Å². The number of amides is 2. The van der Waals surface area contributed by atoms with E-state index in [4.69, 9.17) is 0 Å². The molecule has 0 spiro atoms. The molecule has 24 heavy (non-hydrogen) atoms. The number of benzene rings is 1.